The van der Waals surface area contributed by atoms with Crippen molar-refractivity contribution in [2.45, 2.75) is 33.2 Å². The Hall–Kier alpha value is -2.97. The number of carbonyl (C=O) groups excluding carboxylic acids is 1. The van der Waals surface area contributed by atoms with Crippen LogP contribution in [0.3, 0.4) is 0 Å². The summed E-state index contributed by atoms with van der Waals surface area (Å²) in [5.74, 6) is -1.73. The summed E-state index contributed by atoms with van der Waals surface area (Å²) in [7, 11) is 2.82. The van der Waals surface area contributed by atoms with Crippen molar-refractivity contribution < 1.29 is 14.7 Å². The molecule has 0 fully saturated rings. The van der Waals surface area contributed by atoms with Gasteiger partial charge in [-0.25, -0.2) is 14.6 Å². The highest BCUT2D eigenvalue weighted by Gasteiger charge is 2.23. The summed E-state index contributed by atoms with van der Waals surface area (Å²) in [6.45, 7) is 5.34. The zero-order chi connectivity index (χ0) is 19.8. The van der Waals surface area contributed by atoms with E-state index in [0.29, 0.717) is 5.56 Å². The number of carboxylic acids is 1. The minimum Gasteiger partial charge on any atom is -0.480 e. The Morgan fingerprint density at radius 1 is 1.23 bits per heavy atom. The molecule has 9 heteroatoms. The number of pyridine rings is 1. The molecule has 0 unspecified atom stereocenters. The monoisotopic (exact) mass is 362 g/mol. The Morgan fingerprint density at radius 3 is 2.38 bits per heavy atom. The molecule has 0 aromatic carbocycles. The van der Waals surface area contributed by atoms with Gasteiger partial charge in [0, 0.05) is 14.1 Å². The first-order valence-electron chi connectivity index (χ1n) is 8.15. The van der Waals surface area contributed by atoms with E-state index in [2.05, 4.69) is 10.3 Å². The molecule has 2 aromatic heterocycles. The molecule has 0 aliphatic carbocycles. The summed E-state index contributed by atoms with van der Waals surface area (Å²) < 4.78 is 2.16. The molecule has 0 aliphatic heterocycles. The van der Waals surface area contributed by atoms with Gasteiger partial charge in [-0.05, 0) is 30.9 Å². The third kappa shape index (κ3) is 3.51. The molecule has 26 heavy (non-hydrogen) atoms. The smallest absolute Gasteiger partial charge is 0.332 e. The molecule has 9 nitrogen and oxygen atoms in total. The van der Waals surface area contributed by atoms with Crippen LogP contribution in [-0.2, 0) is 18.9 Å². The fraction of sp³-hybridized carbons (Fsp3) is 0.471. The van der Waals surface area contributed by atoms with Gasteiger partial charge in [-0.2, -0.15) is 0 Å². The Labute approximate surface area is 149 Å². The second-order valence-electron chi connectivity index (χ2n) is 6.72. The minimum atomic E-state index is -1.13. The number of rotatable bonds is 5. The van der Waals surface area contributed by atoms with Crippen molar-refractivity contribution >= 4 is 22.9 Å². The van der Waals surface area contributed by atoms with Crippen molar-refractivity contribution in [1.29, 1.82) is 0 Å². The molecule has 1 amide bonds. The maximum absolute atomic E-state index is 12.5. The molecule has 0 spiro atoms. The van der Waals surface area contributed by atoms with Gasteiger partial charge in [0.05, 0.1) is 5.39 Å². The number of aryl methyl sites for hydroxylation is 2. The van der Waals surface area contributed by atoms with E-state index in [9.17, 15) is 24.3 Å². The number of aliphatic carboxylic acids is 1. The Kier molecular flexibility index (Phi) is 5.29. The van der Waals surface area contributed by atoms with Gasteiger partial charge in [0.15, 0.2) is 0 Å². The van der Waals surface area contributed by atoms with Crippen LogP contribution in [0.5, 0.6) is 0 Å². The fourth-order valence-electron chi connectivity index (χ4n) is 2.77. The van der Waals surface area contributed by atoms with E-state index in [1.165, 1.54) is 24.7 Å². The lowest BCUT2D eigenvalue weighted by Crippen LogP contribution is -2.42. The predicted molar refractivity (Wildman–Crippen MR) is 95.3 cm³/mol. The highest BCUT2D eigenvalue weighted by atomic mass is 16.4. The molecule has 140 valence electrons. The average molecular weight is 362 g/mol. The van der Waals surface area contributed by atoms with Crippen LogP contribution in [0.2, 0.25) is 0 Å². The lowest BCUT2D eigenvalue weighted by Gasteiger charge is -2.17. The quantitative estimate of drug-likeness (QED) is 0.781. The molecule has 2 aromatic rings. The van der Waals surface area contributed by atoms with Crippen LogP contribution in [0, 0.1) is 12.8 Å². The van der Waals surface area contributed by atoms with Gasteiger partial charge in [-0.1, -0.05) is 13.8 Å². The molecule has 1 atom stereocenters. The molecule has 2 N–H and O–H groups in total. The van der Waals surface area contributed by atoms with Gasteiger partial charge in [-0.15, -0.1) is 0 Å². The van der Waals surface area contributed by atoms with E-state index in [-0.39, 0.29) is 29.1 Å². The van der Waals surface area contributed by atoms with E-state index in [1.807, 2.05) is 13.8 Å². The molecule has 0 saturated carbocycles. The maximum Gasteiger partial charge on any atom is 0.332 e. The molecule has 2 rings (SSSR count). The van der Waals surface area contributed by atoms with Crippen LogP contribution in [-0.4, -0.2) is 37.1 Å². The van der Waals surface area contributed by atoms with E-state index in [1.54, 1.807) is 6.92 Å². The second kappa shape index (κ2) is 7.11. The van der Waals surface area contributed by atoms with Crippen LogP contribution in [0.15, 0.2) is 15.7 Å². The van der Waals surface area contributed by atoms with Crippen molar-refractivity contribution in [3.05, 3.63) is 38.2 Å². The number of nitrogens with zero attached hydrogens (tertiary/aromatic N) is 3. The van der Waals surface area contributed by atoms with Crippen molar-refractivity contribution in [3.8, 4) is 0 Å². The topological polar surface area (TPSA) is 123 Å². The first-order chi connectivity index (χ1) is 12.0. The lowest BCUT2D eigenvalue weighted by molar-refractivity contribution is -0.139. The predicted octanol–water partition coefficient (Wildman–Crippen LogP) is 0.170. The molecular formula is C17H22N4O5. The Bertz CT molecular complexity index is 1000. The van der Waals surface area contributed by atoms with Gasteiger partial charge in [-0.3, -0.25) is 18.7 Å². The number of aromatic nitrogens is 3. The molecular weight excluding hydrogens is 340 g/mol. The second-order valence-corrected chi connectivity index (χ2v) is 6.72. The summed E-state index contributed by atoms with van der Waals surface area (Å²) in [6.07, 6.45) is 0.271. The standard InChI is InChI=1S/C17H22N4O5/c1-8(2)6-11(16(24)25)19-14(22)10-7-9(3)12-13(18-10)20(4)17(26)21(5)15(12)23/h7-8,11H,6H2,1-5H3,(H,19,22)(H,24,25)/t11-/m0/s1. The SMILES string of the molecule is Cc1cc(C(=O)N[C@@H](CC(C)C)C(=O)O)nc2c1c(=O)n(C)c(=O)n2C. The van der Waals surface area contributed by atoms with Crippen molar-refractivity contribution in [2.75, 3.05) is 0 Å². The van der Waals surface area contributed by atoms with Gasteiger partial charge >= 0.3 is 11.7 Å². The number of nitrogens with one attached hydrogen (secondary N) is 1. The third-order valence-electron chi connectivity index (χ3n) is 4.15. The fourth-order valence-corrected chi connectivity index (χ4v) is 2.77. The lowest BCUT2D eigenvalue weighted by atomic mass is 10.0. The first-order valence-corrected chi connectivity index (χ1v) is 8.15. The molecule has 0 saturated heterocycles. The number of hydrogen-bond donors (Lipinski definition) is 2. The Balaban J connectivity index is 2.54. The van der Waals surface area contributed by atoms with Gasteiger partial charge in [0.1, 0.15) is 17.4 Å². The number of fused-ring (bicyclic) bond motifs is 1. The summed E-state index contributed by atoms with van der Waals surface area (Å²) in [6, 6.07) is 0.366. The summed E-state index contributed by atoms with van der Waals surface area (Å²) in [5.41, 5.74) is -0.544. The van der Waals surface area contributed by atoms with Crippen molar-refractivity contribution in [2.24, 2.45) is 20.0 Å². The van der Waals surface area contributed by atoms with Crippen molar-refractivity contribution in [1.82, 2.24) is 19.4 Å². The average Bonchev–Trinajstić information content (AvgIpc) is 2.56. The van der Waals surface area contributed by atoms with Crippen LogP contribution in [0.1, 0.15) is 36.3 Å². The third-order valence-corrected chi connectivity index (χ3v) is 4.15. The van der Waals surface area contributed by atoms with Crippen LogP contribution >= 0.6 is 0 Å². The maximum atomic E-state index is 12.5. The number of hydrogen-bond acceptors (Lipinski definition) is 5. The number of carbonyl (C=O) groups is 2. The molecule has 0 bridgehead atoms. The molecule has 2 heterocycles. The van der Waals surface area contributed by atoms with E-state index in [0.717, 1.165) is 4.57 Å². The van der Waals surface area contributed by atoms with E-state index >= 15 is 0 Å². The highest BCUT2D eigenvalue weighted by molar-refractivity contribution is 5.97. The van der Waals surface area contributed by atoms with Gasteiger partial charge in [0.25, 0.3) is 11.5 Å². The largest absolute Gasteiger partial charge is 0.480 e. The first kappa shape index (κ1) is 19.4. The summed E-state index contributed by atoms with van der Waals surface area (Å²) >= 11 is 0. The molecule has 0 radical (unpaired) electrons. The van der Waals surface area contributed by atoms with Gasteiger partial charge < -0.3 is 10.4 Å². The Morgan fingerprint density at radius 2 is 1.85 bits per heavy atom. The normalized spacial score (nSPS) is 12.4. The highest BCUT2D eigenvalue weighted by Crippen LogP contribution is 2.13. The van der Waals surface area contributed by atoms with Gasteiger partial charge in [0.2, 0.25) is 0 Å². The van der Waals surface area contributed by atoms with Crippen LogP contribution < -0.4 is 16.6 Å². The number of carboxylic acid groups (broad SMARTS) is 1. The van der Waals surface area contributed by atoms with Crippen molar-refractivity contribution in [3.63, 3.8) is 0 Å². The van der Waals surface area contributed by atoms with Crippen LogP contribution in [0.25, 0.3) is 11.0 Å². The zero-order valence-corrected chi connectivity index (χ0v) is 15.4. The van der Waals surface area contributed by atoms with E-state index in [4.69, 9.17) is 0 Å². The summed E-state index contributed by atoms with van der Waals surface area (Å²) in [4.78, 5) is 52.4. The van der Waals surface area contributed by atoms with Crippen LogP contribution in [0.4, 0.5) is 0 Å². The summed E-state index contributed by atoms with van der Waals surface area (Å²) in [5, 5.41) is 12.0. The van der Waals surface area contributed by atoms with E-state index < -0.39 is 29.2 Å². The molecule has 0 aliphatic rings. The number of amides is 1. The minimum absolute atomic E-state index is 0.0479. The zero-order valence-electron chi connectivity index (χ0n) is 15.4.